The summed E-state index contributed by atoms with van der Waals surface area (Å²) in [5.41, 5.74) is 7.55. The first kappa shape index (κ1) is 24.9. The summed E-state index contributed by atoms with van der Waals surface area (Å²) in [6.45, 7) is 5.70. The van der Waals surface area contributed by atoms with Crippen LogP contribution in [0.25, 0.3) is 21.6 Å². The highest BCUT2D eigenvalue weighted by molar-refractivity contribution is 7.19. The smallest absolute Gasteiger partial charge is 0.341 e. The molecule has 0 amide bonds. The van der Waals surface area contributed by atoms with E-state index in [1.807, 2.05) is 11.9 Å². The highest BCUT2D eigenvalue weighted by atomic mass is 32.1. The molecule has 4 aromatic heterocycles. The van der Waals surface area contributed by atoms with E-state index in [1.165, 1.54) is 12.4 Å². The standard InChI is InChI=1S/C24H27N9O3S/c1-3-36-23(34)16-12-28-24(29-13-16)32(2)14-17-8-18-20(37-17)22(33-4-6-35-7-5-33)31-21(30-18)15-10-26-19(9-25)27-11-15/h8,10-13H,3-7,9,14,25H2,1-2H3. The average Bonchev–Trinajstić information content (AvgIpc) is 3.35. The maximum absolute atomic E-state index is 11.9. The van der Waals surface area contributed by atoms with Crippen LogP contribution in [-0.2, 0) is 22.6 Å². The van der Waals surface area contributed by atoms with Crippen molar-refractivity contribution in [2.24, 2.45) is 5.73 Å². The largest absolute Gasteiger partial charge is 0.462 e. The Labute approximate surface area is 217 Å². The molecule has 4 aromatic rings. The number of esters is 1. The maximum atomic E-state index is 11.9. The Morgan fingerprint density at radius 1 is 1.14 bits per heavy atom. The lowest BCUT2D eigenvalue weighted by Crippen LogP contribution is -2.36. The number of hydrogen-bond donors (Lipinski definition) is 1. The molecule has 0 radical (unpaired) electrons. The number of ether oxygens (including phenoxy) is 2. The molecule has 0 aromatic carbocycles. The summed E-state index contributed by atoms with van der Waals surface area (Å²) in [7, 11) is 1.90. The maximum Gasteiger partial charge on any atom is 0.341 e. The van der Waals surface area contributed by atoms with Gasteiger partial charge in [-0.3, -0.25) is 0 Å². The van der Waals surface area contributed by atoms with E-state index < -0.39 is 5.97 Å². The Morgan fingerprint density at radius 3 is 2.54 bits per heavy atom. The van der Waals surface area contributed by atoms with Gasteiger partial charge in [-0.15, -0.1) is 11.3 Å². The fraction of sp³-hybridized carbons (Fsp3) is 0.375. The second-order valence-electron chi connectivity index (χ2n) is 8.34. The summed E-state index contributed by atoms with van der Waals surface area (Å²) < 4.78 is 11.6. The third kappa shape index (κ3) is 5.48. The second-order valence-corrected chi connectivity index (χ2v) is 9.47. The number of rotatable bonds is 8. The van der Waals surface area contributed by atoms with Crippen LogP contribution in [0, 0.1) is 0 Å². The zero-order valence-electron chi connectivity index (χ0n) is 20.6. The predicted molar refractivity (Wildman–Crippen MR) is 139 cm³/mol. The summed E-state index contributed by atoms with van der Waals surface area (Å²) in [6, 6.07) is 2.06. The van der Waals surface area contributed by atoms with Crippen LogP contribution in [0.3, 0.4) is 0 Å². The van der Waals surface area contributed by atoms with Gasteiger partial charge in [-0.1, -0.05) is 0 Å². The summed E-state index contributed by atoms with van der Waals surface area (Å²) >= 11 is 1.64. The molecule has 1 saturated heterocycles. The number of anilines is 2. The lowest BCUT2D eigenvalue weighted by atomic mass is 10.3. The molecule has 2 N–H and O–H groups in total. The SMILES string of the molecule is CCOC(=O)c1cnc(N(C)Cc2cc3nc(-c4cnc(CN)nc4)nc(N4CCOCC4)c3s2)nc1. The lowest BCUT2D eigenvalue weighted by Gasteiger charge is -2.28. The van der Waals surface area contributed by atoms with Gasteiger partial charge in [-0.05, 0) is 13.0 Å². The van der Waals surface area contributed by atoms with Crippen LogP contribution in [0.4, 0.5) is 11.8 Å². The number of carbonyl (C=O) groups is 1. The van der Waals surface area contributed by atoms with Crippen molar-refractivity contribution in [3.63, 3.8) is 0 Å². The molecule has 5 rings (SSSR count). The van der Waals surface area contributed by atoms with Crippen LogP contribution < -0.4 is 15.5 Å². The van der Waals surface area contributed by atoms with Crippen molar-refractivity contribution in [2.75, 3.05) is 49.8 Å². The molecule has 37 heavy (non-hydrogen) atoms. The zero-order valence-corrected chi connectivity index (χ0v) is 21.4. The molecular weight excluding hydrogens is 494 g/mol. The van der Waals surface area contributed by atoms with E-state index in [2.05, 4.69) is 30.9 Å². The quantitative estimate of drug-likeness (QED) is 0.339. The Balaban J connectivity index is 1.45. The lowest BCUT2D eigenvalue weighted by molar-refractivity contribution is 0.0525. The first-order valence-corrected chi connectivity index (χ1v) is 12.7. The second kappa shape index (κ2) is 11.1. The molecule has 5 heterocycles. The minimum Gasteiger partial charge on any atom is -0.462 e. The van der Waals surface area contributed by atoms with Crippen molar-refractivity contribution >= 4 is 39.3 Å². The molecule has 1 aliphatic rings. The number of hydrogen-bond acceptors (Lipinski definition) is 13. The van der Waals surface area contributed by atoms with E-state index in [-0.39, 0.29) is 6.54 Å². The molecule has 12 nitrogen and oxygen atoms in total. The van der Waals surface area contributed by atoms with Gasteiger partial charge >= 0.3 is 5.97 Å². The molecule has 0 unspecified atom stereocenters. The van der Waals surface area contributed by atoms with E-state index in [0.717, 1.165) is 39.6 Å². The Hall–Kier alpha value is -3.81. The molecule has 0 saturated carbocycles. The molecule has 192 valence electrons. The van der Waals surface area contributed by atoms with Crippen molar-refractivity contribution < 1.29 is 14.3 Å². The summed E-state index contributed by atoms with van der Waals surface area (Å²) in [4.78, 5) is 44.1. The Bertz CT molecular complexity index is 1370. The molecular formula is C24H27N9O3S. The number of thiophene rings is 1. The summed E-state index contributed by atoms with van der Waals surface area (Å²) in [6.07, 6.45) is 6.37. The van der Waals surface area contributed by atoms with Gasteiger partial charge < -0.3 is 25.0 Å². The molecule has 1 fully saturated rings. The number of carbonyl (C=O) groups excluding carboxylic acids is 1. The van der Waals surface area contributed by atoms with Crippen LogP contribution in [0.1, 0.15) is 28.0 Å². The minimum absolute atomic E-state index is 0.274. The van der Waals surface area contributed by atoms with Crippen LogP contribution in [0.2, 0.25) is 0 Å². The van der Waals surface area contributed by atoms with Gasteiger partial charge in [-0.25, -0.2) is 34.7 Å². The van der Waals surface area contributed by atoms with Gasteiger partial charge in [0.1, 0.15) is 5.82 Å². The number of nitrogens with zero attached hydrogens (tertiary/aromatic N) is 8. The number of morpholine rings is 1. The van der Waals surface area contributed by atoms with Crippen molar-refractivity contribution in [3.05, 3.63) is 47.1 Å². The third-order valence-corrected chi connectivity index (χ3v) is 6.85. The summed E-state index contributed by atoms with van der Waals surface area (Å²) in [5, 5.41) is 0. The first-order chi connectivity index (χ1) is 18.1. The predicted octanol–water partition coefficient (Wildman–Crippen LogP) is 2.05. The highest BCUT2D eigenvalue weighted by Gasteiger charge is 2.21. The van der Waals surface area contributed by atoms with Crippen LogP contribution in [0.15, 0.2) is 30.9 Å². The van der Waals surface area contributed by atoms with Crippen molar-refractivity contribution in [3.8, 4) is 11.4 Å². The van der Waals surface area contributed by atoms with E-state index in [4.69, 9.17) is 25.2 Å². The van der Waals surface area contributed by atoms with Crippen molar-refractivity contribution in [1.82, 2.24) is 29.9 Å². The van der Waals surface area contributed by atoms with Gasteiger partial charge in [0.05, 0.1) is 54.3 Å². The third-order valence-electron chi connectivity index (χ3n) is 5.75. The number of fused-ring (bicyclic) bond motifs is 1. The average molecular weight is 522 g/mol. The fourth-order valence-corrected chi connectivity index (χ4v) is 5.05. The van der Waals surface area contributed by atoms with Crippen LogP contribution >= 0.6 is 11.3 Å². The first-order valence-electron chi connectivity index (χ1n) is 11.9. The van der Waals surface area contributed by atoms with Crippen LogP contribution in [0.5, 0.6) is 0 Å². The Morgan fingerprint density at radius 2 is 1.86 bits per heavy atom. The topological polar surface area (TPSA) is 145 Å². The van der Waals surface area contributed by atoms with E-state index >= 15 is 0 Å². The normalized spacial score (nSPS) is 13.6. The van der Waals surface area contributed by atoms with E-state index in [0.29, 0.717) is 49.5 Å². The van der Waals surface area contributed by atoms with Gasteiger partial charge in [0, 0.05) is 49.8 Å². The number of nitrogens with two attached hydrogens (primary N) is 1. The molecule has 0 spiro atoms. The van der Waals surface area contributed by atoms with Gasteiger partial charge in [0.15, 0.2) is 11.6 Å². The molecule has 0 bridgehead atoms. The summed E-state index contributed by atoms with van der Waals surface area (Å²) in [5.74, 6) is 2.07. The molecule has 0 atom stereocenters. The Kier molecular flexibility index (Phi) is 7.44. The van der Waals surface area contributed by atoms with Crippen molar-refractivity contribution in [2.45, 2.75) is 20.0 Å². The van der Waals surface area contributed by atoms with E-state index in [9.17, 15) is 4.79 Å². The molecule has 1 aliphatic heterocycles. The van der Waals surface area contributed by atoms with Crippen LogP contribution in [-0.4, -0.2) is 75.8 Å². The fourth-order valence-electron chi connectivity index (χ4n) is 3.88. The minimum atomic E-state index is -0.436. The van der Waals surface area contributed by atoms with E-state index in [1.54, 1.807) is 30.7 Å². The van der Waals surface area contributed by atoms with Crippen molar-refractivity contribution in [1.29, 1.82) is 0 Å². The molecule has 0 aliphatic carbocycles. The van der Waals surface area contributed by atoms with Gasteiger partial charge in [-0.2, -0.15) is 0 Å². The van der Waals surface area contributed by atoms with Gasteiger partial charge in [0.25, 0.3) is 0 Å². The van der Waals surface area contributed by atoms with Gasteiger partial charge in [0.2, 0.25) is 5.95 Å². The highest BCUT2D eigenvalue weighted by Crippen LogP contribution is 2.35. The number of aromatic nitrogens is 6. The zero-order chi connectivity index (χ0) is 25.8. The molecule has 13 heteroatoms. The monoisotopic (exact) mass is 521 g/mol.